The molecule has 0 fully saturated rings. The second kappa shape index (κ2) is 6.75. The van der Waals surface area contributed by atoms with Gasteiger partial charge in [0.1, 0.15) is 5.75 Å². The molecule has 0 saturated carbocycles. The van der Waals surface area contributed by atoms with Crippen molar-refractivity contribution in [2.45, 2.75) is 6.18 Å². The lowest BCUT2D eigenvalue weighted by atomic mass is 10.2. The fourth-order valence-corrected chi connectivity index (χ4v) is 2.75. The topological polar surface area (TPSA) is 73.9 Å². The van der Waals surface area contributed by atoms with Gasteiger partial charge in [-0.05, 0) is 36.4 Å². The van der Waals surface area contributed by atoms with Crippen LogP contribution in [-0.4, -0.2) is 27.3 Å². The van der Waals surface area contributed by atoms with Gasteiger partial charge in [-0.3, -0.25) is 0 Å². The van der Waals surface area contributed by atoms with Gasteiger partial charge in [-0.2, -0.15) is 13.2 Å². The summed E-state index contributed by atoms with van der Waals surface area (Å²) in [5.74, 6) is 0.817. The number of ether oxygens (including phenoxy) is 1. The smallest absolute Gasteiger partial charge is 0.416 e. The first kappa shape index (κ1) is 18.2. The predicted molar refractivity (Wildman–Crippen MR) is 94.8 cm³/mol. The van der Waals surface area contributed by atoms with Crippen LogP contribution in [0, 0.1) is 0 Å². The Labute approximate surface area is 161 Å². The quantitative estimate of drug-likeness (QED) is 0.475. The van der Waals surface area contributed by atoms with Crippen LogP contribution in [0.25, 0.3) is 34.1 Å². The van der Waals surface area contributed by atoms with Gasteiger partial charge in [0, 0.05) is 5.56 Å². The van der Waals surface area contributed by atoms with E-state index in [1.54, 1.807) is 24.3 Å². The number of alkyl halides is 3. The molecule has 0 bridgehead atoms. The van der Waals surface area contributed by atoms with E-state index in [0.29, 0.717) is 11.3 Å². The molecule has 0 aliphatic heterocycles. The van der Waals surface area contributed by atoms with Gasteiger partial charge < -0.3 is 9.15 Å². The Morgan fingerprint density at radius 3 is 2.50 bits per heavy atom. The normalized spacial score (nSPS) is 11.8. The standard InChI is InChI=1S/C18H10ClF3N4O2/c1-27-11-4-2-3-9(7-11)16-25-26-17(28-16)14-15(19)24-13-8-10(18(20,21)22)5-6-12(13)23-14/h2-8H,1H3. The van der Waals surface area contributed by atoms with Crippen LogP contribution >= 0.6 is 11.6 Å². The first-order chi connectivity index (χ1) is 13.3. The highest BCUT2D eigenvalue weighted by Crippen LogP contribution is 2.33. The maximum absolute atomic E-state index is 12.9. The molecule has 28 heavy (non-hydrogen) atoms. The Morgan fingerprint density at radius 1 is 0.964 bits per heavy atom. The zero-order valence-electron chi connectivity index (χ0n) is 14.2. The Morgan fingerprint density at radius 2 is 1.75 bits per heavy atom. The van der Waals surface area contributed by atoms with Crippen molar-refractivity contribution < 1.29 is 22.3 Å². The van der Waals surface area contributed by atoms with E-state index in [1.165, 1.54) is 13.2 Å². The van der Waals surface area contributed by atoms with Gasteiger partial charge in [0.15, 0.2) is 10.8 Å². The number of halogens is 4. The average Bonchev–Trinajstić information content (AvgIpc) is 3.16. The van der Waals surface area contributed by atoms with Crippen molar-refractivity contribution in [3.63, 3.8) is 0 Å². The third-order valence-electron chi connectivity index (χ3n) is 3.89. The lowest BCUT2D eigenvalue weighted by molar-refractivity contribution is -0.137. The highest BCUT2D eigenvalue weighted by molar-refractivity contribution is 6.32. The third-order valence-corrected chi connectivity index (χ3v) is 4.16. The number of nitrogens with zero attached hydrogens (tertiary/aromatic N) is 4. The molecule has 10 heteroatoms. The van der Waals surface area contributed by atoms with Crippen LogP contribution in [0.3, 0.4) is 0 Å². The van der Waals surface area contributed by atoms with Crippen LogP contribution in [0.4, 0.5) is 13.2 Å². The Balaban J connectivity index is 1.75. The number of fused-ring (bicyclic) bond motifs is 1. The lowest BCUT2D eigenvalue weighted by Crippen LogP contribution is -2.05. The van der Waals surface area contributed by atoms with Gasteiger partial charge in [-0.25, -0.2) is 9.97 Å². The minimum Gasteiger partial charge on any atom is -0.497 e. The van der Waals surface area contributed by atoms with Crippen LogP contribution < -0.4 is 4.74 Å². The van der Waals surface area contributed by atoms with Crippen LogP contribution in [0.1, 0.15) is 5.56 Å². The molecule has 0 saturated heterocycles. The third kappa shape index (κ3) is 3.36. The molecule has 0 atom stereocenters. The Bertz CT molecular complexity index is 1180. The number of methoxy groups -OCH3 is 1. The van der Waals surface area contributed by atoms with E-state index >= 15 is 0 Å². The van der Waals surface area contributed by atoms with E-state index in [2.05, 4.69) is 20.2 Å². The molecule has 0 aliphatic rings. The zero-order chi connectivity index (χ0) is 19.9. The molecule has 0 spiro atoms. The molecule has 142 valence electrons. The fraction of sp³-hybridized carbons (Fsp3) is 0.111. The highest BCUT2D eigenvalue weighted by atomic mass is 35.5. The molecule has 4 aromatic rings. The van der Waals surface area contributed by atoms with Gasteiger partial charge in [0.2, 0.25) is 5.89 Å². The summed E-state index contributed by atoms with van der Waals surface area (Å²) in [7, 11) is 1.53. The van der Waals surface area contributed by atoms with E-state index in [4.69, 9.17) is 20.8 Å². The second-order valence-electron chi connectivity index (χ2n) is 5.71. The largest absolute Gasteiger partial charge is 0.497 e. The average molecular weight is 407 g/mol. The van der Waals surface area contributed by atoms with Crippen molar-refractivity contribution in [3.05, 3.63) is 53.2 Å². The van der Waals surface area contributed by atoms with Crippen LogP contribution in [-0.2, 0) is 6.18 Å². The Kier molecular flexibility index (Phi) is 4.38. The molecule has 0 aliphatic carbocycles. The molecule has 6 nitrogen and oxygen atoms in total. The second-order valence-corrected chi connectivity index (χ2v) is 6.07. The number of aromatic nitrogens is 4. The zero-order valence-corrected chi connectivity index (χ0v) is 14.9. The number of benzene rings is 2. The summed E-state index contributed by atoms with van der Waals surface area (Å²) in [4.78, 5) is 8.22. The number of hydrogen-bond acceptors (Lipinski definition) is 6. The van der Waals surface area contributed by atoms with Crippen LogP contribution in [0.2, 0.25) is 5.15 Å². The summed E-state index contributed by atoms with van der Waals surface area (Å²) in [6.45, 7) is 0. The van der Waals surface area contributed by atoms with Gasteiger partial charge in [-0.1, -0.05) is 17.7 Å². The lowest BCUT2D eigenvalue weighted by Gasteiger charge is -2.08. The fourth-order valence-electron chi connectivity index (χ4n) is 2.54. The SMILES string of the molecule is COc1cccc(-c2nnc(-c3nc4ccc(C(F)(F)F)cc4nc3Cl)o2)c1. The molecule has 0 radical (unpaired) electrons. The van der Waals surface area contributed by atoms with E-state index in [0.717, 1.165) is 12.1 Å². The summed E-state index contributed by atoms with van der Waals surface area (Å²) in [5.41, 5.74) is 0.0919. The van der Waals surface area contributed by atoms with Crippen molar-refractivity contribution in [1.82, 2.24) is 20.2 Å². The van der Waals surface area contributed by atoms with Crippen molar-refractivity contribution in [3.8, 4) is 28.8 Å². The summed E-state index contributed by atoms with van der Waals surface area (Å²) < 4.78 is 49.3. The van der Waals surface area contributed by atoms with Gasteiger partial charge in [0.05, 0.1) is 23.7 Å². The molecule has 4 rings (SSSR count). The van der Waals surface area contributed by atoms with Crippen LogP contribution in [0.15, 0.2) is 46.9 Å². The molecular formula is C18H10ClF3N4O2. The van der Waals surface area contributed by atoms with Crippen molar-refractivity contribution in [2.24, 2.45) is 0 Å². The molecule has 0 N–H and O–H groups in total. The monoisotopic (exact) mass is 406 g/mol. The number of hydrogen-bond donors (Lipinski definition) is 0. The minimum atomic E-state index is -4.49. The molecule has 0 amide bonds. The molecule has 2 aromatic heterocycles. The molecule has 2 aromatic carbocycles. The predicted octanol–water partition coefficient (Wildman–Crippen LogP) is 5.03. The van der Waals surface area contributed by atoms with E-state index in [9.17, 15) is 13.2 Å². The van der Waals surface area contributed by atoms with E-state index in [1.807, 2.05) is 0 Å². The first-order valence-corrected chi connectivity index (χ1v) is 8.26. The van der Waals surface area contributed by atoms with Gasteiger partial charge in [0.25, 0.3) is 5.89 Å². The van der Waals surface area contributed by atoms with Gasteiger partial charge >= 0.3 is 6.18 Å². The van der Waals surface area contributed by atoms with Gasteiger partial charge in [-0.15, -0.1) is 10.2 Å². The molecule has 0 unspecified atom stereocenters. The first-order valence-electron chi connectivity index (χ1n) is 7.88. The number of rotatable bonds is 3. The molecule has 2 heterocycles. The van der Waals surface area contributed by atoms with Crippen LogP contribution in [0.5, 0.6) is 5.75 Å². The minimum absolute atomic E-state index is 0.00267. The molecular weight excluding hydrogens is 397 g/mol. The summed E-state index contributed by atoms with van der Waals surface area (Å²) in [5, 5.41) is 7.73. The maximum atomic E-state index is 12.9. The summed E-state index contributed by atoms with van der Waals surface area (Å²) in [6, 6.07) is 10.0. The summed E-state index contributed by atoms with van der Waals surface area (Å²) >= 11 is 6.10. The summed E-state index contributed by atoms with van der Waals surface area (Å²) in [6.07, 6.45) is -4.49. The van der Waals surface area contributed by atoms with E-state index < -0.39 is 11.7 Å². The highest BCUT2D eigenvalue weighted by Gasteiger charge is 2.31. The maximum Gasteiger partial charge on any atom is 0.416 e. The Hall–Kier alpha value is -3.20. The van der Waals surface area contributed by atoms with Crippen molar-refractivity contribution >= 4 is 22.6 Å². The van der Waals surface area contributed by atoms with E-state index in [-0.39, 0.29) is 33.7 Å². The van der Waals surface area contributed by atoms with Crippen molar-refractivity contribution in [1.29, 1.82) is 0 Å². The van der Waals surface area contributed by atoms with Crippen molar-refractivity contribution in [2.75, 3.05) is 7.11 Å².